The molecule has 1 atom stereocenters. The normalized spacial score (nSPS) is 13.6. The van der Waals surface area contributed by atoms with Crippen LogP contribution in [-0.4, -0.2) is 64.2 Å². The Morgan fingerprint density at radius 2 is 1.72 bits per heavy atom. The van der Waals surface area contributed by atoms with Gasteiger partial charge in [0.2, 0.25) is 21.8 Å². The second-order valence-corrected chi connectivity index (χ2v) is 10.7. The number of hydrogen-bond donors (Lipinski definition) is 1. The number of benzene rings is 2. The summed E-state index contributed by atoms with van der Waals surface area (Å²) in [5.74, 6) is 0.623. The fourth-order valence-corrected chi connectivity index (χ4v) is 5.12. The lowest BCUT2D eigenvalue weighted by Gasteiger charge is -2.31. The monoisotopic (exact) mass is 517 g/mol. The Balaban J connectivity index is 1.74. The number of sulfonamides is 1. The minimum absolute atomic E-state index is 0.0932. The molecule has 1 heterocycles. The van der Waals surface area contributed by atoms with E-state index in [4.69, 9.17) is 9.47 Å². The molecule has 2 aromatic rings. The number of anilines is 1. The Morgan fingerprint density at radius 3 is 2.33 bits per heavy atom. The second kappa shape index (κ2) is 12.1. The van der Waals surface area contributed by atoms with Crippen LogP contribution < -0.4 is 19.1 Å². The van der Waals surface area contributed by atoms with Gasteiger partial charge in [-0.1, -0.05) is 36.8 Å². The summed E-state index contributed by atoms with van der Waals surface area (Å²) in [6.07, 6.45) is 1.98. The number of nitrogens with zero attached hydrogens (tertiary/aromatic N) is 2. The van der Waals surface area contributed by atoms with Crippen LogP contribution in [0.15, 0.2) is 42.5 Å². The fraction of sp³-hybridized carbons (Fsp3) is 0.462. The summed E-state index contributed by atoms with van der Waals surface area (Å²) in [5.41, 5.74) is 2.47. The van der Waals surface area contributed by atoms with Gasteiger partial charge in [-0.2, -0.15) is 0 Å². The molecule has 196 valence electrons. The average Bonchev–Trinajstić information content (AvgIpc) is 2.86. The van der Waals surface area contributed by atoms with Crippen LogP contribution in [0.2, 0.25) is 0 Å². The SMILES string of the molecule is CC[C@@H](C(=O)NC)N(Cc1ccc(C)cc1)C(=O)CCCN(c1ccc2c(c1)OCCO2)S(C)(=O)=O. The van der Waals surface area contributed by atoms with E-state index in [1.54, 1.807) is 30.1 Å². The topological polar surface area (TPSA) is 105 Å². The molecule has 1 N–H and O–H groups in total. The van der Waals surface area contributed by atoms with Crippen molar-refractivity contribution in [2.24, 2.45) is 0 Å². The highest BCUT2D eigenvalue weighted by Crippen LogP contribution is 2.34. The maximum atomic E-state index is 13.3. The largest absolute Gasteiger partial charge is 0.486 e. The molecule has 0 unspecified atom stereocenters. The number of aryl methyl sites for hydroxylation is 1. The number of rotatable bonds is 11. The van der Waals surface area contributed by atoms with Gasteiger partial charge in [-0.3, -0.25) is 13.9 Å². The number of amides is 2. The van der Waals surface area contributed by atoms with Crippen molar-refractivity contribution in [3.63, 3.8) is 0 Å². The lowest BCUT2D eigenvalue weighted by Crippen LogP contribution is -2.48. The quantitative estimate of drug-likeness (QED) is 0.492. The van der Waals surface area contributed by atoms with Crippen molar-refractivity contribution < 1.29 is 27.5 Å². The van der Waals surface area contributed by atoms with E-state index in [0.717, 1.165) is 17.4 Å². The van der Waals surface area contributed by atoms with E-state index in [0.29, 0.717) is 43.4 Å². The molecule has 10 heteroatoms. The summed E-state index contributed by atoms with van der Waals surface area (Å²) in [7, 11) is -2.05. The van der Waals surface area contributed by atoms with Crippen LogP contribution in [0.1, 0.15) is 37.3 Å². The molecule has 0 spiro atoms. The van der Waals surface area contributed by atoms with E-state index >= 15 is 0 Å². The third-order valence-electron chi connectivity index (χ3n) is 6.07. The van der Waals surface area contributed by atoms with Crippen LogP contribution in [0.4, 0.5) is 5.69 Å². The van der Waals surface area contributed by atoms with Gasteiger partial charge in [0.05, 0.1) is 11.9 Å². The predicted octanol–water partition coefficient (Wildman–Crippen LogP) is 2.87. The van der Waals surface area contributed by atoms with Crippen molar-refractivity contribution in [3.05, 3.63) is 53.6 Å². The van der Waals surface area contributed by atoms with Gasteiger partial charge in [0.15, 0.2) is 11.5 Å². The minimum Gasteiger partial charge on any atom is -0.486 e. The zero-order valence-electron chi connectivity index (χ0n) is 21.3. The molecular weight excluding hydrogens is 482 g/mol. The van der Waals surface area contributed by atoms with Gasteiger partial charge in [0.25, 0.3) is 0 Å². The molecule has 0 saturated carbocycles. The first-order valence-electron chi connectivity index (χ1n) is 12.1. The molecule has 1 aliphatic rings. The number of carbonyl (C=O) groups is 2. The number of fused-ring (bicyclic) bond motifs is 1. The van der Waals surface area contributed by atoms with Crippen molar-refractivity contribution >= 4 is 27.5 Å². The highest BCUT2D eigenvalue weighted by atomic mass is 32.2. The predicted molar refractivity (Wildman–Crippen MR) is 139 cm³/mol. The Bertz CT molecular complexity index is 1170. The molecule has 0 saturated heterocycles. The van der Waals surface area contributed by atoms with E-state index in [-0.39, 0.29) is 31.2 Å². The van der Waals surface area contributed by atoms with E-state index < -0.39 is 16.1 Å². The smallest absolute Gasteiger partial charge is 0.242 e. The van der Waals surface area contributed by atoms with Gasteiger partial charge in [-0.15, -0.1) is 0 Å². The summed E-state index contributed by atoms with van der Waals surface area (Å²) >= 11 is 0. The van der Waals surface area contributed by atoms with E-state index in [2.05, 4.69) is 5.32 Å². The van der Waals surface area contributed by atoms with Gasteiger partial charge in [0, 0.05) is 32.6 Å². The lowest BCUT2D eigenvalue weighted by molar-refractivity contribution is -0.141. The van der Waals surface area contributed by atoms with Crippen LogP contribution in [0.3, 0.4) is 0 Å². The van der Waals surface area contributed by atoms with Crippen molar-refractivity contribution in [2.45, 2.75) is 45.7 Å². The van der Waals surface area contributed by atoms with Crippen LogP contribution in [0.25, 0.3) is 0 Å². The molecule has 3 rings (SSSR count). The maximum absolute atomic E-state index is 13.3. The molecule has 0 aliphatic carbocycles. The molecule has 0 aromatic heterocycles. The zero-order chi connectivity index (χ0) is 26.3. The first-order valence-corrected chi connectivity index (χ1v) is 13.9. The first kappa shape index (κ1) is 27.3. The summed E-state index contributed by atoms with van der Waals surface area (Å²) in [6, 6.07) is 12.2. The highest BCUT2D eigenvalue weighted by Gasteiger charge is 2.28. The van der Waals surface area contributed by atoms with Crippen LogP contribution in [0.5, 0.6) is 11.5 Å². The molecule has 36 heavy (non-hydrogen) atoms. The minimum atomic E-state index is -3.61. The van der Waals surface area contributed by atoms with Gasteiger partial charge in [-0.05, 0) is 37.5 Å². The molecule has 9 nitrogen and oxygen atoms in total. The third-order valence-corrected chi connectivity index (χ3v) is 7.27. The van der Waals surface area contributed by atoms with Gasteiger partial charge in [0.1, 0.15) is 19.3 Å². The zero-order valence-corrected chi connectivity index (χ0v) is 22.1. The van der Waals surface area contributed by atoms with Gasteiger partial charge in [-0.25, -0.2) is 8.42 Å². The summed E-state index contributed by atoms with van der Waals surface area (Å²) < 4.78 is 37.5. The number of hydrogen-bond acceptors (Lipinski definition) is 6. The van der Waals surface area contributed by atoms with Crippen LogP contribution in [0, 0.1) is 6.92 Å². The van der Waals surface area contributed by atoms with Gasteiger partial charge >= 0.3 is 0 Å². The Hall–Kier alpha value is -3.27. The van der Waals surface area contributed by atoms with Crippen molar-refractivity contribution in [1.82, 2.24) is 10.2 Å². The summed E-state index contributed by atoms with van der Waals surface area (Å²) in [4.78, 5) is 27.5. The molecule has 0 bridgehead atoms. The molecular formula is C26H35N3O6S. The summed E-state index contributed by atoms with van der Waals surface area (Å²) in [6.45, 7) is 5.09. The Labute approximate surface area is 213 Å². The van der Waals surface area contributed by atoms with Crippen molar-refractivity contribution in [1.29, 1.82) is 0 Å². The lowest BCUT2D eigenvalue weighted by atomic mass is 10.1. The second-order valence-electron chi connectivity index (χ2n) is 8.81. The van der Waals surface area contributed by atoms with Gasteiger partial charge < -0.3 is 19.7 Å². The third kappa shape index (κ3) is 6.90. The highest BCUT2D eigenvalue weighted by molar-refractivity contribution is 7.92. The molecule has 0 radical (unpaired) electrons. The van der Waals surface area contributed by atoms with Crippen LogP contribution >= 0.6 is 0 Å². The first-order chi connectivity index (χ1) is 17.1. The number of ether oxygens (including phenoxy) is 2. The molecule has 2 aromatic carbocycles. The Kier molecular flexibility index (Phi) is 9.19. The Morgan fingerprint density at radius 1 is 1.06 bits per heavy atom. The molecule has 0 fully saturated rings. The number of nitrogens with one attached hydrogen (secondary N) is 1. The van der Waals surface area contributed by atoms with E-state index in [9.17, 15) is 18.0 Å². The number of carbonyl (C=O) groups excluding carboxylic acids is 2. The molecule has 1 aliphatic heterocycles. The van der Waals surface area contributed by atoms with Crippen molar-refractivity contribution in [3.8, 4) is 11.5 Å². The maximum Gasteiger partial charge on any atom is 0.242 e. The number of likely N-dealkylation sites (N-methyl/N-ethyl adjacent to an activating group) is 1. The summed E-state index contributed by atoms with van der Waals surface area (Å²) in [5, 5.41) is 2.64. The van der Waals surface area contributed by atoms with E-state index in [1.165, 1.54) is 4.31 Å². The fourth-order valence-electron chi connectivity index (χ4n) is 4.17. The molecule has 2 amide bonds. The standard InChI is InChI=1S/C26H35N3O6S/c1-5-22(26(31)27-3)28(18-20-10-8-19(2)9-11-20)25(30)7-6-14-29(36(4,32)33)21-12-13-23-24(17-21)35-16-15-34-23/h8-13,17,22H,5-7,14-16,18H2,1-4H3,(H,27,31)/t22-/m0/s1. The van der Waals surface area contributed by atoms with Crippen molar-refractivity contribution in [2.75, 3.05) is 37.4 Å². The van der Waals surface area contributed by atoms with E-state index in [1.807, 2.05) is 38.1 Å². The average molecular weight is 518 g/mol. The van der Waals surface area contributed by atoms with Crippen LogP contribution in [-0.2, 0) is 26.2 Å².